The fraction of sp³-hybridized carbons (Fsp3) is 0. The number of phenols is 1. The molecule has 0 bridgehead atoms. The van der Waals surface area contributed by atoms with Gasteiger partial charge in [0.15, 0.2) is 0 Å². The minimum Gasteiger partial charge on any atom is -0.507 e. The van der Waals surface area contributed by atoms with Gasteiger partial charge in [-0.25, -0.2) is 5.48 Å². The van der Waals surface area contributed by atoms with E-state index in [9.17, 15) is 15.2 Å². The largest absolute Gasteiger partial charge is 0.507 e. The minimum atomic E-state index is -0.607. The average molecular weight is 239 g/mol. The predicted molar refractivity (Wildman–Crippen MR) is 58.9 cm³/mol. The maximum absolute atomic E-state index is 10.5. The molecule has 0 atom stereocenters. The van der Waals surface area contributed by atoms with Crippen LogP contribution in [0.25, 0.3) is 0 Å². The van der Waals surface area contributed by atoms with Gasteiger partial charge in [-0.3, -0.25) is 15.3 Å². The van der Waals surface area contributed by atoms with Crippen molar-refractivity contribution in [3.63, 3.8) is 0 Å². The number of rotatable bonds is 3. The summed E-state index contributed by atoms with van der Waals surface area (Å²) in [6, 6.07) is 3.44. The standard InChI is InChI=1S/C8H9N5O4/c9-8(12-15)11-10-4-5-3-6(13(16)17)1-2-7(5)14/h1-4,14-15H,(H3,9,11,12)/b10-4+. The monoisotopic (exact) mass is 239 g/mol. The quantitative estimate of drug-likeness (QED) is 0.251. The van der Waals surface area contributed by atoms with Crippen LogP contribution >= 0.6 is 0 Å². The van der Waals surface area contributed by atoms with Crippen molar-refractivity contribution < 1.29 is 15.2 Å². The van der Waals surface area contributed by atoms with Gasteiger partial charge in [0.2, 0.25) is 5.96 Å². The average Bonchev–Trinajstić information content (AvgIpc) is 2.30. The van der Waals surface area contributed by atoms with Crippen LogP contribution in [0, 0.1) is 10.1 Å². The summed E-state index contributed by atoms with van der Waals surface area (Å²) in [4.78, 5) is 9.87. The number of aromatic hydroxyl groups is 1. The summed E-state index contributed by atoms with van der Waals surface area (Å²) in [5.41, 5.74) is 6.51. The Labute approximate surface area is 95.0 Å². The van der Waals surface area contributed by atoms with Gasteiger partial charge in [0, 0.05) is 17.7 Å². The first kappa shape index (κ1) is 12.4. The Hall–Kier alpha value is -2.68. The summed E-state index contributed by atoms with van der Waals surface area (Å²) in [6.45, 7) is 0. The highest BCUT2D eigenvalue weighted by Gasteiger charge is 2.08. The van der Waals surface area contributed by atoms with Crippen LogP contribution in [0.5, 0.6) is 5.75 Å². The molecule has 1 rings (SSSR count). The van der Waals surface area contributed by atoms with Gasteiger partial charge in [-0.15, -0.1) is 5.10 Å². The number of hydrogen-bond donors (Lipinski definition) is 4. The lowest BCUT2D eigenvalue weighted by molar-refractivity contribution is -0.384. The van der Waals surface area contributed by atoms with Crippen molar-refractivity contribution in [1.29, 1.82) is 0 Å². The second kappa shape index (κ2) is 5.42. The molecule has 0 aliphatic rings. The topological polar surface area (TPSA) is 146 Å². The van der Waals surface area contributed by atoms with Crippen LogP contribution in [0.4, 0.5) is 5.69 Å². The third-order valence-corrected chi connectivity index (χ3v) is 1.70. The van der Waals surface area contributed by atoms with Gasteiger partial charge in [0.05, 0.1) is 11.1 Å². The fourth-order valence-electron chi connectivity index (χ4n) is 0.935. The number of nitrogens with zero attached hydrogens (tertiary/aromatic N) is 3. The van der Waals surface area contributed by atoms with Crippen molar-refractivity contribution >= 4 is 17.9 Å². The van der Waals surface area contributed by atoms with Crippen molar-refractivity contribution in [3.05, 3.63) is 33.9 Å². The molecule has 0 aromatic heterocycles. The molecule has 1 aromatic carbocycles. The van der Waals surface area contributed by atoms with Crippen LogP contribution < -0.4 is 11.2 Å². The fourth-order valence-corrected chi connectivity index (χ4v) is 0.935. The zero-order valence-corrected chi connectivity index (χ0v) is 8.44. The number of benzene rings is 1. The predicted octanol–water partition coefficient (Wildman–Crippen LogP) is -0.0722. The van der Waals surface area contributed by atoms with Gasteiger partial charge >= 0.3 is 0 Å². The molecule has 0 unspecified atom stereocenters. The van der Waals surface area contributed by atoms with Gasteiger partial charge < -0.3 is 10.8 Å². The Morgan fingerprint density at radius 1 is 1.59 bits per heavy atom. The van der Waals surface area contributed by atoms with E-state index in [0.717, 1.165) is 24.4 Å². The molecule has 0 radical (unpaired) electrons. The highest BCUT2D eigenvalue weighted by atomic mass is 16.6. The van der Waals surface area contributed by atoms with Gasteiger partial charge in [0.25, 0.3) is 5.69 Å². The summed E-state index contributed by atoms with van der Waals surface area (Å²) in [5.74, 6) is -0.545. The summed E-state index contributed by atoms with van der Waals surface area (Å²) in [6.07, 6.45) is 1.06. The van der Waals surface area contributed by atoms with Crippen molar-refractivity contribution in [2.45, 2.75) is 0 Å². The first-order valence-electron chi connectivity index (χ1n) is 4.28. The molecule has 0 fully saturated rings. The molecule has 0 spiro atoms. The van der Waals surface area contributed by atoms with Crippen LogP contribution in [0.3, 0.4) is 0 Å². The summed E-state index contributed by atoms with van der Waals surface area (Å²) < 4.78 is 0. The number of non-ortho nitro benzene ring substituents is 1. The van der Waals surface area contributed by atoms with E-state index in [0.29, 0.717) is 0 Å². The van der Waals surface area contributed by atoms with Crippen molar-refractivity contribution in [1.82, 2.24) is 5.48 Å². The molecule has 0 aliphatic carbocycles. The van der Waals surface area contributed by atoms with E-state index in [2.05, 4.69) is 10.2 Å². The van der Waals surface area contributed by atoms with Crippen LogP contribution in [0.15, 0.2) is 28.4 Å². The first-order chi connectivity index (χ1) is 8.04. The zero-order chi connectivity index (χ0) is 12.8. The maximum atomic E-state index is 10.5. The summed E-state index contributed by atoms with van der Waals surface area (Å²) in [5, 5.41) is 34.8. The molecule has 0 aliphatic heterocycles. The molecule has 0 saturated carbocycles. The van der Waals surface area contributed by atoms with Crippen LogP contribution in [0.1, 0.15) is 5.56 Å². The van der Waals surface area contributed by atoms with Crippen molar-refractivity contribution in [3.8, 4) is 5.75 Å². The molecule has 17 heavy (non-hydrogen) atoms. The lowest BCUT2D eigenvalue weighted by atomic mass is 10.2. The van der Waals surface area contributed by atoms with Crippen LogP contribution in [-0.2, 0) is 0 Å². The van der Waals surface area contributed by atoms with Crippen molar-refractivity contribution in [2.24, 2.45) is 15.9 Å². The Balaban J connectivity index is 2.98. The number of guanidine groups is 1. The lowest BCUT2D eigenvalue weighted by Crippen LogP contribution is -2.27. The smallest absolute Gasteiger partial charge is 0.270 e. The lowest BCUT2D eigenvalue weighted by Gasteiger charge is -1.97. The molecule has 0 saturated heterocycles. The third kappa shape index (κ3) is 3.43. The van der Waals surface area contributed by atoms with Gasteiger partial charge in [-0.1, -0.05) is 0 Å². The number of hydrogen-bond acceptors (Lipinski definition) is 6. The Morgan fingerprint density at radius 3 is 2.88 bits per heavy atom. The minimum absolute atomic E-state index is 0.105. The van der Waals surface area contributed by atoms with Crippen LogP contribution in [-0.4, -0.2) is 27.4 Å². The molecule has 0 heterocycles. The summed E-state index contributed by atoms with van der Waals surface area (Å²) >= 11 is 0. The molecule has 9 heteroatoms. The Morgan fingerprint density at radius 2 is 2.29 bits per heavy atom. The molecule has 1 aromatic rings. The number of nitrogens with two attached hydrogens (primary N) is 1. The normalized spacial score (nSPS) is 11.7. The van der Waals surface area contributed by atoms with E-state index in [4.69, 9.17) is 10.9 Å². The molecule has 0 amide bonds. The third-order valence-electron chi connectivity index (χ3n) is 1.70. The number of nitro benzene ring substituents is 1. The number of phenolic OH excluding ortho intramolecular Hbond substituents is 1. The van der Waals surface area contributed by atoms with Crippen molar-refractivity contribution in [2.75, 3.05) is 0 Å². The zero-order valence-electron chi connectivity index (χ0n) is 8.44. The van der Waals surface area contributed by atoms with Crippen LogP contribution in [0.2, 0.25) is 0 Å². The maximum Gasteiger partial charge on any atom is 0.270 e. The first-order valence-corrected chi connectivity index (χ1v) is 4.28. The highest BCUT2D eigenvalue weighted by molar-refractivity contribution is 5.85. The second-order valence-corrected chi connectivity index (χ2v) is 2.84. The number of hydroxylamine groups is 1. The molecule has 9 nitrogen and oxygen atoms in total. The van der Waals surface area contributed by atoms with E-state index in [-0.39, 0.29) is 23.0 Å². The molecular formula is C8H9N5O4. The van der Waals surface area contributed by atoms with E-state index in [1.807, 2.05) is 0 Å². The van der Waals surface area contributed by atoms with E-state index < -0.39 is 4.92 Å². The van der Waals surface area contributed by atoms with Gasteiger partial charge in [0.1, 0.15) is 5.75 Å². The Bertz CT molecular complexity index is 485. The van der Waals surface area contributed by atoms with Gasteiger partial charge in [-0.05, 0) is 6.07 Å². The highest BCUT2D eigenvalue weighted by Crippen LogP contribution is 2.21. The number of nitro groups is 1. The van der Waals surface area contributed by atoms with Gasteiger partial charge in [-0.2, -0.15) is 5.10 Å². The SMILES string of the molecule is N/C(=N/N=C/c1cc([N+](=O)[O-])ccc1O)NO. The van der Waals surface area contributed by atoms with E-state index >= 15 is 0 Å². The van der Waals surface area contributed by atoms with E-state index in [1.165, 1.54) is 5.48 Å². The molecule has 5 N–H and O–H groups in total. The number of nitrogens with one attached hydrogen (secondary N) is 1. The second-order valence-electron chi connectivity index (χ2n) is 2.84. The Kier molecular flexibility index (Phi) is 3.95. The molecule has 90 valence electrons. The van der Waals surface area contributed by atoms with E-state index in [1.54, 1.807) is 0 Å². The summed E-state index contributed by atoms with van der Waals surface area (Å²) in [7, 11) is 0. The molecular weight excluding hydrogens is 230 g/mol.